The summed E-state index contributed by atoms with van der Waals surface area (Å²) in [7, 11) is 0. The van der Waals surface area contributed by atoms with Crippen molar-refractivity contribution in [2.45, 2.75) is 12.8 Å². The van der Waals surface area contributed by atoms with Gasteiger partial charge in [0, 0.05) is 18.7 Å². The van der Waals surface area contributed by atoms with Crippen molar-refractivity contribution in [2.75, 3.05) is 13.1 Å². The molecule has 0 aromatic carbocycles. The van der Waals surface area contributed by atoms with Crippen LogP contribution in [0.15, 0.2) is 18.3 Å². The summed E-state index contributed by atoms with van der Waals surface area (Å²) < 4.78 is 0. The molecule has 0 aliphatic carbocycles. The smallest absolute Gasteiger partial charge is 0.143 e. The lowest BCUT2D eigenvalue weighted by Crippen LogP contribution is -2.07. The monoisotopic (exact) mass is 219 g/mol. The Kier molecular flexibility index (Phi) is 2.18. The zero-order valence-corrected chi connectivity index (χ0v) is 9.42. The number of fused-ring (bicyclic) bond motifs is 1. The van der Waals surface area contributed by atoms with Crippen molar-refractivity contribution < 1.29 is 0 Å². The van der Waals surface area contributed by atoms with Gasteiger partial charge in [0.05, 0.1) is 0 Å². The third-order valence-corrected chi connectivity index (χ3v) is 4.13. The summed E-state index contributed by atoms with van der Waals surface area (Å²) in [4.78, 5) is 10.1. The van der Waals surface area contributed by atoms with Gasteiger partial charge in [-0.2, -0.15) is 0 Å². The number of hydrogen-bond donors (Lipinski definition) is 1. The Morgan fingerprint density at radius 1 is 1.47 bits per heavy atom. The van der Waals surface area contributed by atoms with Gasteiger partial charge in [0.1, 0.15) is 15.4 Å². The van der Waals surface area contributed by atoms with Gasteiger partial charge in [-0.15, -0.1) is 0 Å². The van der Waals surface area contributed by atoms with Gasteiger partial charge in [-0.1, -0.05) is 18.3 Å². The molecule has 2 atom stereocenters. The lowest BCUT2D eigenvalue weighted by atomic mass is 9.99. The minimum absolute atomic E-state index is 0.573. The first kappa shape index (κ1) is 9.24. The van der Waals surface area contributed by atoms with Crippen LogP contribution in [0.25, 0.3) is 10.3 Å². The molecule has 3 heterocycles. The van der Waals surface area contributed by atoms with Gasteiger partial charge in [0.15, 0.2) is 0 Å². The Hall–Kier alpha value is -1.00. The van der Waals surface area contributed by atoms with Crippen molar-refractivity contribution >= 4 is 21.7 Å². The normalized spacial score (nSPS) is 26.2. The van der Waals surface area contributed by atoms with Crippen molar-refractivity contribution in [1.82, 2.24) is 15.3 Å². The summed E-state index contributed by atoms with van der Waals surface area (Å²) >= 11 is 1.74. The molecule has 2 aromatic heterocycles. The van der Waals surface area contributed by atoms with Gasteiger partial charge in [-0.25, -0.2) is 9.97 Å². The van der Waals surface area contributed by atoms with Crippen LogP contribution in [0.4, 0.5) is 0 Å². The third kappa shape index (κ3) is 1.54. The predicted molar refractivity (Wildman–Crippen MR) is 62.2 cm³/mol. The van der Waals surface area contributed by atoms with Crippen LogP contribution in [0.2, 0.25) is 0 Å². The Balaban J connectivity index is 2.04. The van der Waals surface area contributed by atoms with Crippen LogP contribution >= 0.6 is 11.3 Å². The van der Waals surface area contributed by atoms with Crippen molar-refractivity contribution in [3.63, 3.8) is 0 Å². The average Bonchev–Trinajstić information content (AvgIpc) is 2.82. The molecule has 0 radical (unpaired) electrons. The van der Waals surface area contributed by atoms with Gasteiger partial charge in [-0.3, -0.25) is 0 Å². The summed E-state index contributed by atoms with van der Waals surface area (Å²) in [5.74, 6) is 1.26. The van der Waals surface area contributed by atoms with Crippen LogP contribution in [0.3, 0.4) is 0 Å². The quantitative estimate of drug-likeness (QED) is 0.797. The largest absolute Gasteiger partial charge is 0.316 e. The fraction of sp³-hybridized carbons (Fsp3) is 0.455. The van der Waals surface area contributed by atoms with E-state index in [1.165, 1.54) is 5.01 Å². The van der Waals surface area contributed by atoms with E-state index in [0.717, 1.165) is 23.4 Å². The highest BCUT2D eigenvalue weighted by Gasteiger charge is 2.27. The number of thiazole rings is 1. The minimum Gasteiger partial charge on any atom is -0.316 e. The molecule has 1 aliphatic rings. The molecule has 15 heavy (non-hydrogen) atoms. The molecular formula is C11H13N3S. The number of aromatic nitrogens is 2. The van der Waals surface area contributed by atoms with Gasteiger partial charge in [0.2, 0.25) is 0 Å². The molecule has 1 aliphatic heterocycles. The summed E-state index contributed by atoms with van der Waals surface area (Å²) in [6, 6.07) is 3.98. The van der Waals surface area contributed by atoms with Crippen LogP contribution in [-0.4, -0.2) is 23.1 Å². The molecule has 0 unspecified atom stereocenters. The molecule has 1 N–H and O–H groups in total. The Morgan fingerprint density at radius 2 is 2.40 bits per heavy atom. The number of pyridine rings is 1. The Bertz CT molecular complexity index is 446. The van der Waals surface area contributed by atoms with Crippen molar-refractivity contribution in [3.05, 3.63) is 23.3 Å². The molecule has 0 spiro atoms. The van der Waals surface area contributed by atoms with Gasteiger partial charge < -0.3 is 5.32 Å². The molecule has 0 saturated carbocycles. The molecule has 3 rings (SSSR count). The van der Waals surface area contributed by atoms with Crippen molar-refractivity contribution in [3.8, 4) is 0 Å². The molecular weight excluding hydrogens is 206 g/mol. The van der Waals surface area contributed by atoms with E-state index in [2.05, 4.69) is 22.2 Å². The van der Waals surface area contributed by atoms with E-state index in [1.807, 2.05) is 18.3 Å². The summed E-state index contributed by atoms with van der Waals surface area (Å²) in [5.41, 5.74) is 1.04. The number of nitrogens with one attached hydrogen (secondary N) is 1. The standard InChI is InChI=1S/C11H13N3S/c1-7-5-12-6-8(7)10-14-9-3-2-4-13-11(9)15-10/h2-4,7-8,12H,5-6H2,1H3/t7-,8-/m1/s1. The topological polar surface area (TPSA) is 37.8 Å². The van der Waals surface area contributed by atoms with E-state index < -0.39 is 0 Å². The van der Waals surface area contributed by atoms with Gasteiger partial charge in [-0.05, 0) is 24.6 Å². The minimum atomic E-state index is 0.573. The number of rotatable bonds is 1. The molecule has 0 amide bonds. The zero-order chi connectivity index (χ0) is 10.3. The van der Waals surface area contributed by atoms with E-state index in [1.54, 1.807) is 11.3 Å². The zero-order valence-electron chi connectivity index (χ0n) is 8.60. The van der Waals surface area contributed by atoms with Crippen molar-refractivity contribution in [1.29, 1.82) is 0 Å². The number of nitrogens with zero attached hydrogens (tertiary/aromatic N) is 2. The van der Waals surface area contributed by atoms with Crippen LogP contribution in [0.5, 0.6) is 0 Å². The molecule has 1 saturated heterocycles. The van der Waals surface area contributed by atoms with E-state index in [-0.39, 0.29) is 0 Å². The number of hydrogen-bond acceptors (Lipinski definition) is 4. The third-order valence-electron chi connectivity index (χ3n) is 3.02. The lowest BCUT2D eigenvalue weighted by molar-refractivity contribution is 0.570. The Morgan fingerprint density at radius 3 is 3.13 bits per heavy atom. The second kappa shape index (κ2) is 3.54. The maximum atomic E-state index is 4.66. The predicted octanol–water partition coefficient (Wildman–Crippen LogP) is 2.01. The summed E-state index contributed by atoms with van der Waals surface area (Å²) in [6.45, 7) is 4.44. The average molecular weight is 219 g/mol. The Labute approximate surface area is 92.6 Å². The fourth-order valence-electron chi connectivity index (χ4n) is 2.09. The second-order valence-electron chi connectivity index (χ2n) is 4.12. The van der Waals surface area contributed by atoms with Gasteiger partial charge >= 0.3 is 0 Å². The van der Waals surface area contributed by atoms with Crippen molar-refractivity contribution in [2.24, 2.45) is 5.92 Å². The SMILES string of the molecule is C[C@@H]1CNC[C@H]1c1nc2cccnc2s1. The maximum Gasteiger partial charge on any atom is 0.143 e. The van der Waals surface area contributed by atoms with Crippen LogP contribution in [0.1, 0.15) is 17.8 Å². The van der Waals surface area contributed by atoms with Crippen LogP contribution in [-0.2, 0) is 0 Å². The highest BCUT2D eigenvalue weighted by molar-refractivity contribution is 7.18. The molecule has 0 bridgehead atoms. The van der Waals surface area contributed by atoms with E-state index in [9.17, 15) is 0 Å². The molecule has 3 nitrogen and oxygen atoms in total. The lowest BCUT2D eigenvalue weighted by Gasteiger charge is -2.09. The van der Waals surface area contributed by atoms with Crippen LogP contribution in [0, 0.1) is 5.92 Å². The first-order valence-corrected chi connectivity index (χ1v) is 6.08. The van der Waals surface area contributed by atoms with E-state index >= 15 is 0 Å². The molecule has 78 valence electrons. The highest BCUT2D eigenvalue weighted by Crippen LogP contribution is 2.32. The second-order valence-corrected chi connectivity index (χ2v) is 5.13. The highest BCUT2D eigenvalue weighted by atomic mass is 32.1. The summed E-state index contributed by atoms with van der Waals surface area (Å²) in [5, 5.41) is 4.65. The maximum absolute atomic E-state index is 4.66. The van der Waals surface area contributed by atoms with Gasteiger partial charge in [0.25, 0.3) is 0 Å². The molecule has 1 fully saturated rings. The molecule has 2 aromatic rings. The summed E-state index contributed by atoms with van der Waals surface area (Å²) in [6.07, 6.45) is 1.83. The first-order valence-electron chi connectivity index (χ1n) is 5.27. The fourth-order valence-corrected chi connectivity index (χ4v) is 3.23. The van der Waals surface area contributed by atoms with E-state index in [0.29, 0.717) is 11.8 Å². The molecule has 4 heteroatoms. The van der Waals surface area contributed by atoms with Crippen LogP contribution < -0.4 is 5.32 Å². The van der Waals surface area contributed by atoms with E-state index in [4.69, 9.17) is 0 Å². The first-order chi connectivity index (χ1) is 7.34.